The summed E-state index contributed by atoms with van der Waals surface area (Å²) in [5.41, 5.74) is 3.69. The van der Waals surface area contributed by atoms with E-state index in [-0.39, 0.29) is 17.4 Å². The van der Waals surface area contributed by atoms with Crippen LogP contribution < -0.4 is 5.32 Å². The van der Waals surface area contributed by atoms with Gasteiger partial charge >= 0.3 is 0 Å². The van der Waals surface area contributed by atoms with Crippen molar-refractivity contribution in [3.8, 4) is 34.0 Å². The molecular weight excluding hydrogens is 390 g/mol. The lowest BCUT2D eigenvalue weighted by molar-refractivity contribution is -0.116. The third-order valence-corrected chi connectivity index (χ3v) is 4.82. The average molecular weight is 411 g/mol. The summed E-state index contributed by atoms with van der Waals surface area (Å²) in [5.74, 6) is 0.499. The number of hydrogen-bond acceptors (Lipinski definition) is 5. The number of nitrogens with one attached hydrogen (secondary N) is 1. The highest BCUT2D eigenvalue weighted by atomic mass is 16.3. The molecule has 0 atom stereocenters. The van der Waals surface area contributed by atoms with Crippen LogP contribution in [-0.2, 0) is 11.2 Å². The predicted molar refractivity (Wildman–Crippen MR) is 120 cm³/mol. The molecule has 0 radical (unpaired) electrons. The Kier molecular flexibility index (Phi) is 5.89. The van der Waals surface area contributed by atoms with Crippen molar-refractivity contribution in [3.63, 3.8) is 0 Å². The number of rotatable bonds is 6. The Labute approximate surface area is 179 Å². The summed E-state index contributed by atoms with van der Waals surface area (Å²) >= 11 is 0. The number of hydrogen-bond donors (Lipinski definition) is 3. The van der Waals surface area contributed by atoms with Crippen LogP contribution in [-0.4, -0.2) is 26.1 Å². The fourth-order valence-corrected chi connectivity index (χ4v) is 3.17. The predicted octanol–water partition coefficient (Wildman–Crippen LogP) is 4.79. The van der Waals surface area contributed by atoms with Crippen LogP contribution >= 0.6 is 0 Å². The van der Waals surface area contributed by atoms with E-state index in [9.17, 15) is 15.0 Å². The summed E-state index contributed by atoms with van der Waals surface area (Å²) in [4.78, 5) is 21.7. The van der Waals surface area contributed by atoms with Crippen molar-refractivity contribution in [1.29, 1.82) is 0 Å². The molecule has 154 valence electrons. The van der Waals surface area contributed by atoms with Gasteiger partial charge in [-0.3, -0.25) is 4.79 Å². The van der Waals surface area contributed by atoms with Crippen LogP contribution in [0.2, 0.25) is 0 Å². The lowest BCUT2D eigenvalue weighted by Crippen LogP contribution is -2.15. The maximum atomic E-state index is 12.6. The number of carbonyl (C=O) groups excluding carboxylic acids is 1. The van der Waals surface area contributed by atoms with E-state index in [2.05, 4.69) is 10.3 Å². The van der Waals surface area contributed by atoms with Crippen molar-refractivity contribution in [2.75, 3.05) is 5.32 Å². The highest BCUT2D eigenvalue weighted by molar-refractivity contribution is 5.93. The Hall–Kier alpha value is -4.19. The maximum Gasteiger partial charge on any atom is 0.225 e. The highest BCUT2D eigenvalue weighted by Crippen LogP contribution is 2.29. The first kappa shape index (κ1) is 20.1. The molecule has 0 aliphatic rings. The quantitative estimate of drug-likeness (QED) is 0.424. The van der Waals surface area contributed by atoms with Crippen molar-refractivity contribution < 1.29 is 15.0 Å². The van der Waals surface area contributed by atoms with Gasteiger partial charge in [-0.25, -0.2) is 9.97 Å². The zero-order valence-corrected chi connectivity index (χ0v) is 16.7. The summed E-state index contributed by atoms with van der Waals surface area (Å²) in [6.45, 7) is 0. The Morgan fingerprint density at radius 2 is 1.42 bits per heavy atom. The number of aromatic hydroxyl groups is 2. The molecule has 31 heavy (non-hydrogen) atoms. The van der Waals surface area contributed by atoms with Gasteiger partial charge in [0.05, 0.1) is 11.9 Å². The van der Waals surface area contributed by atoms with E-state index in [1.165, 1.54) is 0 Å². The van der Waals surface area contributed by atoms with E-state index in [1.807, 2.05) is 30.3 Å². The fraction of sp³-hybridized carbons (Fsp3) is 0.0800. The second-order valence-electron chi connectivity index (χ2n) is 7.08. The number of amides is 1. The average Bonchev–Trinajstić information content (AvgIpc) is 2.80. The van der Waals surface area contributed by atoms with E-state index in [0.717, 1.165) is 11.1 Å². The molecule has 0 aliphatic carbocycles. The molecule has 3 aromatic carbocycles. The van der Waals surface area contributed by atoms with Gasteiger partial charge in [-0.05, 0) is 60.5 Å². The molecule has 0 saturated heterocycles. The van der Waals surface area contributed by atoms with Crippen LogP contribution in [0.25, 0.3) is 22.5 Å². The summed E-state index contributed by atoms with van der Waals surface area (Å²) in [6, 6.07) is 23.0. The molecule has 0 unspecified atom stereocenters. The topological polar surface area (TPSA) is 95.3 Å². The molecule has 1 heterocycles. The van der Waals surface area contributed by atoms with Crippen LogP contribution in [0.5, 0.6) is 11.5 Å². The smallest absolute Gasteiger partial charge is 0.225 e. The summed E-state index contributed by atoms with van der Waals surface area (Å²) < 4.78 is 0. The Bertz CT molecular complexity index is 1180. The lowest BCUT2D eigenvalue weighted by atomic mass is 10.1. The van der Waals surface area contributed by atoms with Gasteiger partial charge in [-0.1, -0.05) is 30.3 Å². The van der Waals surface area contributed by atoms with Crippen molar-refractivity contribution in [1.82, 2.24) is 9.97 Å². The van der Waals surface area contributed by atoms with Gasteiger partial charge in [-0.15, -0.1) is 0 Å². The molecule has 1 amide bonds. The summed E-state index contributed by atoms with van der Waals surface area (Å²) in [5, 5.41) is 22.0. The van der Waals surface area contributed by atoms with Gasteiger partial charge in [0.15, 0.2) is 5.82 Å². The third-order valence-electron chi connectivity index (χ3n) is 4.82. The maximum absolute atomic E-state index is 12.6. The molecule has 0 aliphatic heterocycles. The fourth-order valence-electron chi connectivity index (χ4n) is 3.17. The number of phenols is 2. The highest BCUT2D eigenvalue weighted by Gasteiger charge is 2.14. The summed E-state index contributed by atoms with van der Waals surface area (Å²) in [6.07, 6.45) is 2.53. The minimum absolute atomic E-state index is 0.139. The van der Waals surface area contributed by atoms with Crippen molar-refractivity contribution in [3.05, 3.63) is 90.6 Å². The molecule has 0 bridgehead atoms. The molecule has 6 heteroatoms. The standard InChI is InChI=1S/C25H21N3O3/c29-20-11-7-18(8-12-20)22-16-26-25(24(27-22)19-9-13-21(30)14-10-19)28-23(31)15-6-17-4-2-1-3-5-17/h1-5,7-14,16,29-30H,6,15H2,(H,26,28,31). The number of aryl methyl sites for hydroxylation is 1. The molecule has 4 aromatic rings. The van der Waals surface area contributed by atoms with Gasteiger partial charge in [-0.2, -0.15) is 0 Å². The van der Waals surface area contributed by atoms with Crippen molar-refractivity contribution in [2.24, 2.45) is 0 Å². The van der Waals surface area contributed by atoms with E-state index in [0.29, 0.717) is 35.6 Å². The molecule has 3 N–H and O–H groups in total. The zero-order chi connectivity index (χ0) is 21.6. The van der Waals surface area contributed by atoms with Gasteiger partial charge in [0.2, 0.25) is 5.91 Å². The van der Waals surface area contributed by atoms with Crippen LogP contribution in [0, 0.1) is 0 Å². The van der Waals surface area contributed by atoms with Crippen LogP contribution in [0.4, 0.5) is 5.82 Å². The molecule has 6 nitrogen and oxygen atoms in total. The number of phenolic OH excluding ortho intramolecular Hbond substituents is 2. The molecule has 0 fully saturated rings. The second-order valence-corrected chi connectivity index (χ2v) is 7.08. The van der Waals surface area contributed by atoms with Gasteiger partial charge < -0.3 is 15.5 Å². The first-order chi connectivity index (χ1) is 15.1. The molecule has 0 spiro atoms. The van der Waals surface area contributed by atoms with Crippen LogP contribution in [0.1, 0.15) is 12.0 Å². The largest absolute Gasteiger partial charge is 0.508 e. The van der Waals surface area contributed by atoms with Crippen molar-refractivity contribution in [2.45, 2.75) is 12.8 Å². The number of benzene rings is 3. The minimum Gasteiger partial charge on any atom is -0.508 e. The third kappa shape index (κ3) is 5.05. The molecule has 0 saturated carbocycles. The van der Waals surface area contributed by atoms with E-state index in [4.69, 9.17) is 4.98 Å². The Morgan fingerprint density at radius 3 is 2.06 bits per heavy atom. The first-order valence-electron chi connectivity index (χ1n) is 9.88. The normalized spacial score (nSPS) is 10.6. The Balaban J connectivity index is 1.61. The van der Waals surface area contributed by atoms with E-state index >= 15 is 0 Å². The zero-order valence-electron chi connectivity index (χ0n) is 16.7. The number of nitrogens with zero attached hydrogens (tertiary/aromatic N) is 2. The van der Waals surface area contributed by atoms with Crippen LogP contribution in [0.15, 0.2) is 85.1 Å². The molecule has 1 aromatic heterocycles. The second kappa shape index (κ2) is 9.09. The lowest BCUT2D eigenvalue weighted by Gasteiger charge is -2.12. The van der Waals surface area contributed by atoms with Crippen LogP contribution in [0.3, 0.4) is 0 Å². The van der Waals surface area contributed by atoms with Gasteiger partial charge in [0.1, 0.15) is 17.2 Å². The summed E-state index contributed by atoms with van der Waals surface area (Å²) in [7, 11) is 0. The number of aromatic nitrogens is 2. The number of anilines is 1. The van der Waals surface area contributed by atoms with E-state index < -0.39 is 0 Å². The van der Waals surface area contributed by atoms with E-state index in [1.54, 1.807) is 54.7 Å². The van der Waals surface area contributed by atoms with Crippen molar-refractivity contribution >= 4 is 11.7 Å². The number of carbonyl (C=O) groups is 1. The monoisotopic (exact) mass is 411 g/mol. The molecular formula is C25H21N3O3. The van der Waals surface area contributed by atoms with Gasteiger partial charge in [0, 0.05) is 17.5 Å². The minimum atomic E-state index is -0.157. The first-order valence-corrected chi connectivity index (χ1v) is 9.88. The Morgan fingerprint density at radius 1 is 0.806 bits per heavy atom. The van der Waals surface area contributed by atoms with Gasteiger partial charge in [0.25, 0.3) is 0 Å². The molecule has 4 rings (SSSR count). The SMILES string of the molecule is O=C(CCc1ccccc1)Nc1ncc(-c2ccc(O)cc2)nc1-c1ccc(O)cc1.